The second kappa shape index (κ2) is 12.8. The van der Waals surface area contributed by atoms with E-state index in [0.717, 1.165) is 51.4 Å². The Kier molecular flexibility index (Phi) is 10.4. The van der Waals surface area contributed by atoms with Gasteiger partial charge < -0.3 is 10.2 Å². The van der Waals surface area contributed by atoms with E-state index in [4.69, 9.17) is 0 Å². The first-order valence-electron chi connectivity index (χ1n) is 11.9. The quantitative estimate of drug-likeness (QED) is 0.208. The molecule has 0 saturated heterocycles. The number of carboxylic acids is 2. The van der Waals surface area contributed by atoms with Gasteiger partial charge in [0.25, 0.3) is 0 Å². The second-order valence-corrected chi connectivity index (χ2v) is 9.31. The molecular formula is C26H40O4. The Bertz CT molecular complexity index is 559. The van der Waals surface area contributed by atoms with Crippen LogP contribution in [0.3, 0.4) is 0 Å². The highest BCUT2D eigenvalue weighted by molar-refractivity contribution is 5.76. The van der Waals surface area contributed by atoms with Gasteiger partial charge in [0.15, 0.2) is 0 Å². The lowest BCUT2D eigenvalue weighted by atomic mass is 9.80. The molecule has 30 heavy (non-hydrogen) atoms. The van der Waals surface area contributed by atoms with Crippen LogP contribution in [0, 0.1) is 10.8 Å². The predicted octanol–water partition coefficient (Wildman–Crippen LogP) is 7.07. The summed E-state index contributed by atoms with van der Waals surface area (Å²) in [7, 11) is 0. The third kappa shape index (κ3) is 7.45. The fourth-order valence-electron chi connectivity index (χ4n) is 4.77. The molecule has 4 heteroatoms. The van der Waals surface area contributed by atoms with E-state index in [2.05, 4.69) is 12.2 Å². The Hall–Kier alpha value is -1.84. The van der Waals surface area contributed by atoms with Gasteiger partial charge in [-0.15, -0.1) is 0 Å². The molecule has 0 aromatic heterocycles. The molecule has 0 spiro atoms. The average molecular weight is 417 g/mol. The normalized spacial score (nSPS) is 19.1. The molecule has 0 atom stereocenters. The minimum atomic E-state index is -0.632. The van der Waals surface area contributed by atoms with E-state index in [-0.39, 0.29) is 0 Å². The average Bonchev–Trinajstić information content (AvgIpc) is 3.39. The molecule has 0 heterocycles. The van der Waals surface area contributed by atoms with Crippen LogP contribution in [-0.4, -0.2) is 22.2 Å². The molecule has 0 fully saturated rings. The summed E-state index contributed by atoms with van der Waals surface area (Å²) in [5.74, 6) is -1.26. The fraction of sp³-hybridized carbons (Fsp3) is 0.692. The summed E-state index contributed by atoms with van der Waals surface area (Å²) < 4.78 is 0. The molecule has 2 aliphatic carbocycles. The molecule has 4 nitrogen and oxygen atoms in total. The summed E-state index contributed by atoms with van der Waals surface area (Å²) in [5.41, 5.74) is -1.02. The Morgan fingerprint density at radius 3 is 1.27 bits per heavy atom. The molecule has 0 unspecified atom stereocenters. The van der Waals surface area contributed by atoms with E-state index in [1.54, 1.807) is 0 Å². The van der Waals surface area contributed by atoms with Crippen LogP contribution < -0.4 is 0 Å². The molecule has 0 aromatic rings. The molecule has 0 radical (unpaired) electrons. The number of rotatable bonds is 16. The largest absolute Gasteiger partial charge is 0.481 e. The van der Waals surface area contributed by atoms with Crippen molar-refractivity contribution >= 4 is 11.9 Å². The Balaban J connectivity index is 1.40. The SMILES string of the molecule is O=C(O)C1(CCCCCC/C=C/CCCCCCC2(C(=O)O)CC=CC2)CC=CC1. The number of unbranched alkanes of at least 4 members (excludes halogenated alkanes) is 8. The minimum Gasteiger partial charge on any atom is -0.481 e. The van der Waals surface area contributed by atoms with E-state index >= 15 is 0 Å². The van der Waals surface area contributed by atoms with Crippen molar-refractivity contribution < 1.29 is 19.8 Å². The zero-order valence-corrected chi connectivity index (χ0v) is 18.5. The molecule has 0 amide bonds. The van der Waals surface area contributed by atoms with Gasteiger partial charge in [0.1, 0.15) is 0 Å². The van der Waals surface area contributed by atoms with Gasteiger partial charge in [0.05, 0.1) is 10.8 Å². The monoisotopic (exact) mass is 416 g/mol. The third-order valence-electron chi connectivity index (χ3n) is 6.99. The molecule has 2 rings (SSSR count). The van der Waals surface area contributed by atoms with E-state index in [1.165, 1.54) is 25.7 Å². The van der Waals surface area contributed by atoms with Crippen LogP contribution in [0.1, 0.15) is 103 Å². The minimum absolute atomic E-state index is 0.512. The molecule has 2 aliphatic rings. The second-order valence-electron chi connectivity index (χ2n) is 9.31. The zero-order chi connectivity index (χ0) is 21.7. The maximum absolute atomic E-state index is 11.5. The summed E-state index contributed by atoms with van der Waals surface area (Å²) in [6.45, 7) is 0. The number of allylic oxidation sites excluding steroid dienone is 6. The van der Waals surface area contributed by atoms with Crippen LogP contribution in [0.15, 0.2) is 36.5 Å². The maximum Gasteiger partial charge on any atom is 0.310 e. The van der Waals surface area contributed by atoms with Crippen molar-refractivity contribution in [1.29, 1.82) is 0 Å². The van der Waals surface area contributed by atoms with Crippen molar-refractivity contribution in [3.8, 4) is 0 Å². The van der Waals surface area contributed by atoms with Gasteiger partial charge in [0, 0.05) is 0 Å². The highest BCUT2D eigenvalue weighted by atomic mass is 16.4. The van der Waals surface area contributed by atoms with E-state index < -0.39 is 22.8 Å². The van der Waals surface area contributed by atoms with Crippen LogP contribution in [0.2, 0.25) is 0 Å². The fourth-order valence-corrected chi connectivity index (χ4v) is 4.77. The van der Waals surface area contributed by atoms with Crippen molar-refractivity contribution in [3.63, 3.8) is 0 Å². The van der Waals surface area contributed by atoms with Gasteiger partial charge in [-0.3, -0.25) is 9.59 Å². The van der Waals surface area contributed by atoms with Crippen molar-refractivity contribution in [3.05, 3.63) is 36.5 Å². The zero-order valence-electron chi connectivity index (χ0n) is 18.5. The number of carbonyl (C=O) groups is 2. The van der Waals surface area contributed by atoms with Gasteiger partial charge in [-0.2, -0.15) is 0 Å². The van der Waals surface area contributed by atoms with Crippen LogP contribution >= 0.6 is 0 Å². The van der Waals surface area contributed by atoms with Crippen LogP contribution in [0.5, 0.6) is 0 Å². The Morgan fingerprint density at radius 1 is 0.600 bits per heavy atom. The van der Waals surface area contributed by atoms with Gasteiger partial charge >= 0.3 is 11.9 Å². The number of hydrogen-bond donors (Lipinski definition) is 2. The highest BCUT2D eigenvalue weighted by Gasteiger charge is 2.38. The molecule has 168 valence electrons. The molecule has 0 aromatic carbocycles. The van der Waals surface area contributed by atoms with Gasteiger partial charge in [0.2, 0.25) is 0 Å². The smallest absolute Gasteiger partial charge is 0.310 e. The standard InChI is InChI=1S/C26H40O4/c27-23(28)25(19-13-14-20-25)17-11-9-7-5-3-1-2-4-6-8-10-12-18-26(24(29)30)21-15-16-22-26/h1-2,13-16H,3-12,17-22H2,(H,27,28)(H,29,30)/b2-1+. The summed E-state index contributed by atoms with van der Waals surface area (Å²) in [5, 5.41) is 18.9. The van der Waals surface area contributed by atoms with Crippen LogP contribution in [-0.2, 0) is 9.59 Å². The van der Waals surface area contributed by atoms with Crippen molar-refractivity contribution in [2.75, 3.05) is 0 Å². The number of hydrogen-bond acceptors (Lipinski definition) is 2. The predicted molar refractivity (Wildman–Crippen MR) is 121 cm³/mol. The van der Waals surface area contributed by atoms with Crippen molar-refractivity contribution in [1.82, 2.24) is 0 Å². The van der Waals surface area contributed by atoms with Gasteiger partial charge in [-0.1, -0.05) is 75.0 Å². The molecule has 0 aliphatic heterocycles. The summed E-state index contributed by atoms with van der Waals surface area (Å²) in [6, 6.07) is 0. The van der Waals surface area contributed by atoms with E-state index in [0.29, 0.717) is 25.7 Å². The first-order chi connectivity index (χ1) is 14.5. The lowest BCUT2D eigenvalue weighted by Gasteiger charge is -2.23. The first-order valence-corrected chi connectivity index (χ1v) is 11.9. The lowest BCUT2D eigenvalue weighted by Crippen LogP contribution is -2.27. The Labute approximate surface area is 182 Å². The molecule has 2 N–H and O–H groups in total. The third-order valence-corrected chi connectivity index (χ3v) is 6.99. The first kappa shape index (κ1) is 24.4. The Morgan fingerprint density at radius 2 is 0.933 bits per heavy atom. The molecule has 0 saturated carbocycles. The number of carboxylic acid groups (broad SMARTS) is 2. The summed E-state index contributed by atoms with van der Waals surface area (Å²) in [6.07, 6.45) is 28.2. The van der Waals surface area contributed by atoms with Crippen molar-refractivity contribution in [2.45, 2.75) is 103 Å². The summed E-state index contributed by atoms with van der Waals surface area (Å²) >= 11 is 0. The van der Waals surface area contributed by atoms with Gasteiger partial charge in [-0.25, -0.2) is 0 Å². The van der Waals surface area contributed by atoms with Crippen LogP contribution in [0.25, 0.3) is 0 Å². The highest BCUT2D eigenvalue weighted by Crippen LogP contribution is 2.39. The molecule has 0 bridgehead atoms. The number of aliphatic carboxylic acids is 2. The topological polar surface area (TPSA) is 74.6 Å². The summed E-state index contributed by atoms with van der Waals surface area (Å²) in [4.78, 5) is 23.0. The lowest BCUT2D eigenvalue weighted by molar-refractivity contribution is -0.149. The van der Waals surface area contributed by atoms with E-state index in [9.17, 15) is 19.8 Å². The van der Waals surface area contributed by atoms with Gasteiger partial charge in [-0.05, 0) is 64.2 Å². The van der Waals surface area contributed by atoms with E-state index in [1.807, 2.05) is 24.3 Å². The van der Waals surface area contributed by atoms with Crippen molar-refractivity contribution in [2.24, 2.45) is 10.8 Å². The van der Waals surface area contributed by atoms with Crippen LogP contribution in [0.4, 0.5) is 0 Å². The molecular weight excluding hydrogens is 376 g/mol. The maximum atomic E-state index is 11.5.